The van der Waals surface area contributed by atoms with Gasteiger partial charge in [-0.25, -0.2) is 9.79 Å². The molecular formula is C19H14Cl2N2O5S. The lowest BCUT2D eigenvalue weighted by Gasteiger charge is -2.08. The highest BCUT2D eigenvalue weighted by molar-refractivity contribution is 8.18. The standard InChI is InChI=1S/C19H14Cl2N2O5S/c1-23-17(25)15(7-9-5-13(21)16(24)14(6-9)28-2)29-19(23)22-10-3-4-12(20)11(8-10)18(26)27/h3-8,24H,1-2H3,(H,26,27)/b15-7+,22-19?. The zero-order valence-electron chi connectivity index (χ0n) is 15.1. The van der Waals surface area contributed by atoms with Gasteiger partial charge in [-0.3, -0.25) is 9.69 Å². The maximum absolute atomic E-state index is 12.6. The first-order chi connectivity index (χ1) is 13.7. The first kappa shape index (κ1) is 21.0. The monoisotopic (exact) mass is 452 g/mol. The molecule has 1 aliphatic rings. The number of hydrogen-bond donors (Lipinski definition) is 2. The summed E-state index contributed by atoms with van der Waals surface area (Å²) >= 11 is 13.0. The maximum atomic E-state index is 12.6. The first-order valence-corrected chi connectivity index (χ1v) is 9.64. The number of carboxylic acids is 1. The van der Waals surface area contributed by atoms with Crippen LogP contribution in [0.5, 0.6) is 11.5 Å². The highest BCUT2D eigenvalue weighted by atomic mass is 35.5. The zero-order chi connectivity index (χ0) is 21.3. The highest BCUT2D eigenvalue weighted by Gasteiger charge is 2.30. The van der Waals surface area contributed by atoms with Crippen LogP contribution in [0.15, 0.2) is 40.2 Å². The number of benzene rings is 2. The number of amides is 1. The summed E-state index contributed by atoms with van der Waals surface area (Å²) in [5.74, 6) is -1.45. The SMILES string of the molecule is COc1cc(/C=C2/SC(=Nc3ccc(Cl)c(C(=O)O)c3)N(C)C2=O)cc(Cl)c1O. The fourth-order valence-electron chi connectivity index (χ4n) is 2.49. The molecule has 1 amide bonds. The predicted molar refractivity (Wildman–Crippen MR) is 114 cm³/mol. The van der Waals surface area contributed by atoms with Crippen LogP contribution in [0, 0.1) is 0 Å². The van der Waals surface area contributed by atoms with E-state index in [0.29, 0.717) is 21.3 Å². The third kappa shape index (κ3) is 4.34. The molecule has 150 valence electrons. The molecule has 29 heavy (non-hydrogen) atoms. The van der Waals surface area contributed by atoms with Crippen LogP contribution in [-0.2, 0) is 4.79 Å². The smallest absolute Gasteiger partial charge is 0.337 e. The van der Waals surface area contributed by atoms with E-state index in [1.807, 2.05) is 0 Å². The lowest BCUT2D eigenvalue weighted by Crippen LogP contribution is -2.23. The number of phenolic OH excluding ortho intramolecular Hbond substituents is 1. The minimum Gasteiger partial charge on any atom is -0.503 e. The summed E-state index contributed by atoms with van der Waals surface area (Å²) in [5.41, 5.74) is 0.839. The second-order valence-corrected chi connectivity index (χ2v) is 7.72. The Hall–Kier alpha value is -2.68. The predicted octanol–water partition coefficient (Wildman–Crippen LogP) is 4.64. The highest BCUT2D eigenvalue weighted by Crippen LogP contribution is 2.38. The average Bonchev–Trinajstić information content (AvgIpc) is 2.93. The van der Waals surface area contributed by atoms with E-state index in [2.05, 4.69) is 4.99 Å². The molecule has 1 saturated heterocycles. The molecule has 10 heteroatoms. The Balaban J connectivity index is 1.95. The van der Waals surface area contributed by atoms with E-state index in [-0.39, 0.29) is 33.0 Å². The van der Waals surface area contributed by atoms with E-state index in [0.717, 1.165) is 11.8 Å². The summed E-state index contributed by atoms with van der Waals surface area (Å²) in [7, 11) is 2.96. The maximum Gasteiger partial charge on any atom is 0.337 e. The summed E-state index contributed by atoms with van der Waals surface area (Å²) in [4.78, 5) is 29.9. The average molecular weight is 453 g/mol. The largest absolute Gasteiger partial charge is 0.503 e. The van der Waals surface area contributed by atoms with Gasteiger partial charge in [0.05, 0.1) is 33.3 Å². The van der Waals surface area contributed by atoms with Gasteiger partial charge < -0.3 is 14.9 Å². The molecule has 0 atom stereocenters. The Bertz CT molecular complexity index is 1080. The van der Waals surface area contributed by atoms with E-state index >= 15 is 0 Å². The van der Waals surface area contributed by atoms with Crippen LogP contribution in [-0.4, -0.2) is 46.3 Å². The number of carbonyl (C=O) groups is 2. The Kier molecular flexibility index (Phi) is 6.07. The third-order valence-corrected chi connectivity index (χ3v) is 5.65. The van der Waals surface area contributed by atoms with Crippen molar-refractivity contribution < 1.29 is 24.5 Å². The number of methoxy groups -OCH3 is 1. The molecule has 3 rings (SSSR count). The van der Waals surface area contributed by atoms with Crippen molar-refractivity contribution in [1.29, 1.82) is 0 Å². The zero-order valence-corrected chi connectivity index (χ0v) is 17.5. The third-order valence-electron chi connectivity index (χ3n) is 3.98. The number of aromatic hydroxyl groups is 1. The molecular weight excluding hydrogens is 439 g/mol. The Labute approximate surface area is 180 Å². The van der Waals surface area contributed by atoms with Gasteiger partial charge in [0, 0.05) is 7.05 Å². The number of likely N-dealkylation sites (N-methyl/N-ethyl adjacent to an activating group) is 1. The summed E-state index contributed by atoms with van der Waals surface area (Å²) in [6, 6.07) is 7.40. The minimum absolute atomic E-state index is 0.0768. The van der Waals surface area contributed by atoms with E-state index in [1.165, 1.54) is 30.2 Å². The van der Waals surface area contributed by atoms with Gasteiger partial charge in [-0.1, -0.05) is 23.2 Å². The Morgan fingerprint density at radius 1 is 1.24 bits per heavy atom. The number of ether oxygens (including phenoxy) is 1. The van der Waals surface area contributed by atoms with E-state index in [9.17, 15) is 19.8 Å². The lowest BCUT2D eigenvalue weighted by molar-refractivity contribution is -0.121. The van der Waals surface area contributed by atoms with Gasteiger partial charge in [-0.15, -0.1) is 0 Å². The fraction of sp³-hybridized carbons (Fsp3) is 0.105. The van der Waals surface area contributed by atoms with Gasteiger partial charge in [0.2, 0.25) is 0 Å². The molecule has 1 heterocycles. The number of carbonyl (C=O) groups excluding carboxylic acids is 1. The van der Waals surface area contributed by atoms with Crippen LogP contribution in [0.1, 0.15) is 15.9 Å². The van der Waals surface area contributed by atoms with E-state index < -0.39 is 5.97 Å². The van der Waals surface area contributed by atoms with Crippen molar-refractivity contribution in [3.8, 4) is 11.5 Å². The van der Waals surface area contributed by atoms with Crippen molar-refractivity contribution in [2.24, 2.45) is 4.99 Å². The summed E-state index contributed by atoms with van der Waals surface area (Å²) < 4.78 is 5.07. The number of halogens is 2. The molecule has 0 radical (unpaired) electrons. The number of phenols is 1. The Morgan fingerprint density at radius 3 is 2.62 bits per heavy atom. The number of amidine groups is 1. The minimum atomic E-state index is -1.17. The number of aromatic carboxylic acids is 1. The van der Waals surface area contributed by atoms with Crippen LogP contribution < -0.4 is 4.74 Å². The summed E-state index contributed by atoms with van der Waals surface area (Å²) in [5, 5.41) is 19.6. The van der Waals surface area contributed by atoms with E-state index in [1.54, 1.807) is 25.3 Å². The van der Waals surface area contributed by atoms with Crippen molar-refractivity contribution in [2.45, 2.75) is 0 Å². The Morgan fingerprint density at radius 2 is 1.97 bits per heavy atom. The molecule has 1 aliphatic heterocycles. The second-order valence-electron chi connectivity index (χ2n) is 5.89. The molecule has 2 aromatic carbocycles. The van der Waals surface area contributed by atoms with Gasteiger partial charge >= 0.3 is 5.97 Å². The van der Waals surface area contributed by atoms with Crippen molar-refractivity contribution in [3.05, 3.63) is 56.4 Å². The van der Waals surface area contributed by atoms with Gasteiger partial charge in [0.25, 0.3) is 5.91 Å². The molecule has 2 aromatic rings. The number of aliphatic imine (C=N–C) groups is 1. The molecule has 0 saturated carbocycles. The first-order valence-electron chi connectivity index (χ1n) is 8.07. The van der Waals surface area contributed by atoms with Crippen molar-refractivity contribution in [2.75, 3.05) is 14.2 Å². The van der Waals surface area contributed by atoms with Crippen LogP contribution in [0.4, 0.5) is 5.69 Å². The quantitative estimate of drug-likeness (QED) is 0.655. The number of carboxylic acid groups (broad SMARTS) is 1. The number of rotatable bonds is 4. The van der Waals surface area contributed by atoms with Gasteiger partial charge in [0.1, 0.15) is 0 Å². The van der Waals surface area contributed by atoms with Crippen LogP contribution >= 0.6 is 35.0 Å². The van der Waals surface area contributed by atoms with Gasteiger partial charge in [-0.05, 0) is 53.7 Å². The molecule has 0 aromatic heterocycles. The van der Waals surface area contributed by atoms with Crippen LogP contribution in [0.2, 0.25) is 10.0 Å². The summed E-state index contributed by atoms with van der Waals surface area (Å²) in [6.07, 6.45) is 1.60. The number of hydrogen-bond acceptors (Lipinski definition) is 6. The molecule has 0 spiro atoms. The van der Waals surface area contributed by atoms with Crippen molar-refractivity contribution in [1.82, 2.24) is 4.90 Å². The molecule has 2 N–H and O–H groups in total. The van der Waals surface area contributed by atoms with Crippen molar-refractivity contribution in [3.63, 3.8) is 0 Å². The molecule has 0 unspecified atom stereocenters. The van der Waals surface area contributed by atoms with Crippen molar-refractivity contribution >= 4 is 63.8 Å². The van der Waals surface area contributed by atoms with Gasteiger partial charge in [0.15, 0.2) is 16.7 Å². The van der Waals surface area contributed by atoms with Crippen LogP contribution in [0.3, 0.4) is 0 Å². The molecule has 0 bridgehead atoms. The normalized spacial score (nSPS) is 16.7. The fourth-order valence-corrected chi connectivity index (χ4v) is 3.90. The summed E-state index contributed by atoms with van der Waals surface area (Å²) in [6.45, 7) is 0. The topological polar surface area (TPSA) is 99.4 Å². The number of thioether (sulfide) groups is 1. The molecule has 0 aliphatic carbocycles. The second kappa shape index (κ2) is 8.36. The lowest BCUT2D eigenvalue weighted by atomic mass is 10.2. The van der Waals surface area contributed by atoms with E-state index in [4.69, 9.17) is 27.9 Å². The molecule has 1 fully saturated rings. The molecule has 7 nitrogen and oxygen atoms in total. The number of nitrogens with zero attached hydrogens (tertiary/aromatic N) is 2. The van der Waals surface area contributed by atoms with Gasteiger partial charge in [-0.2, -0.15) is 0 Å². The van der Waals surface area contributed by atoms with Crippen LogP contribution in [0.25, 0.3) is 6.08 Å².